The van der Waals surface area contributed by atoms with Gasteiger partial charge in [-0.25, -0.2) is 0 Å². The minimum absolute atomic E-state index is 0.149. The molecule has 1 aromatic carbocycles. The first-order chi connectivity index (χ1) is 7.51. The zero-order chi connectivity index (χ0) is 12.2. The number of hydrogen-bond acceptors (Lipinski definition) is 3. The summed E-state index contributed by atoms with van der Waals surface area (Å²) < 4.78 is 0. The van der Waals surface area contributed by atoms with Crippen molar-refractivity contribution in [2.24, 2.45) is 5.41 Å². The molecule has 1 aromatic rings. The summed E-state index contributed by atoms with van der Waals surface area (Å²) in [5, 5.41) is 20.5. The molecule has 16 heavy (non-hydrogen) atoms. The van der Waals surface area contributed by atoms with E-state index in [2.05, 4.69) is 5.32 Å². The zero-order valence-corrected chi connectivity index (χ0v) is 9.32. The molecule has 2 N–H and O–H groups in total. The van der Waals surface area contributed by atoms with E-state index in [0.717, 1.165) is 0 Å². The van der Waals surface area contributed by atoms with E-state index in [4.69, 9.17) is 10.4 Å². The number of nitrogens with zero attached hydrogens (tertiary/aromatic N) is 1. The van der Waals surface area contributed by atoms with Crippen LogP contribution in [0.15, 0.2) is 24.3 Å². The summed E-state index contributed by atoms with van der Waals surface area (Å²) in [4.78, 5) is 11.7. The summed E-state index contributed by atoms with van der Waals surface area (Å²) in [6.45, 7) is 2.94. The fourth-order valence-corrected chi connectivity index (χ4v) is 1.11. The van der Waals surface area contributed by atoms with Crippen molar-refractivity contribution in [1.29, 1.82) is 5.26 Å². The van der Waals surface area contributed by atoms with Crippen LogP contribution in [0.3, 0.4) is 0 Å². The molecule has 0 spiro atoms. The van der Waals surface area contributed by atoms with Gasteiger partial charge in [-0.3, -0.25) is 4.79 Å². The Hall–Kier alpha value is -1.86. The summed E-state index contributed by atoms with van der Waals surface area (Å²) in [6, 6.07) is 8.87. The number of aliphatic hydroxyl groups is 1. The summed E-state index contributed by atoms with van der Waals surface area (Å²) in [7, 11) is 0. The van der Waals surface area contributed by atoms with Gasteiger partial charge < -0.3 is 10.4 Å². The molecular weight excluding hydrogens is 204 g/mol. The average molecular weight is 218 g/mol. The molecule has 0 radical (unpaired) electrons. The SMILES string of the molecule is CC(C)(C#N)C(=O)Nc1ccccc1CO. The normalized spacial score (nSPS) is 10.6. The molecule has 0 unspecified atom stereocenters. The maximum atomic E-state index is 11.7. The monoisotopic (exact) mass is 218 g/mol. The van der Waals surface area contributed by atoms with Gasteiger partial charge in [0.2, 0.25) is 5.91 Å². The second kappa shape index (κ2) is 4.77. The van der Waals surface area contributed by atoms with Crippen LogP contribution in [0.2, 0.25) is 0 Å². The predicted molar refractivity (Wildman–Crippen MR) is 60.4 cm³/mol. The van der Waals surface area contributed by atoms with Crippen molar-refractivity contribution in [2.45, 2.75) is 20.5 Å². The van der Waals surface area contributed by atoms with Crippen LogP contribution in [0.25, 0.3) is 0 Å². The third-order valence-electron chi connectivity index (χ3n) is 2.28. The van der Waals surface area contributed by atoms with E-state index in [1.54, 1.807) is 38.1 Å². The van der Waals surface area contributed by atoms with E-state index in [1.807, 2.05) is 6.07 Å². The Morgan fingerprint density at radius 2 is 2.12 bits per heavy atom. The van der Waals surface area contributed by atoms with Crippen LogP contribution in [-0.4, -0.2) is 11.0 Å². The Bertz CT molecular complexity index is 433. The van der Waals surface area contributed by atoms with Gasteiger partial charge in [0.1, 0.15) is 5.41 Å². The fraction of sp³-hybridized carbons (Fsp3) is 0.333. The first-order valence-electron chi connectivity index (χ1n) is 4.92. The van der Waals surface area contributed by atoms with Gasteiger partial charge >= 0.3 is 0 Å². The summed E-state index contributed by atoms with van der Waals surface area (Å²) in [6.07, 6.45) is 0. The molecule has 0 saturated carbocycles. The van der Waals surface area contributed by atoms with Crippen molar-refractivity contribution in [3.63, 3.8) is 0 Å². The number of para-hydroxylation sites is 1. The van der Waals surface area contributed by atoms with Crippen LogP contribution in [-0.2, 0) is 11.4 Å². The van der Waals surface area contributed by atoms with Gasteiger partial charge in [0.15, 0.2) is 0 Å². The minimum atomic E-state index is -1.08. The highest BCUT2D eigenvalue weighted by Crippen LogP contribution is 2.20. The van der Waals surface area contributed by atoms with Crippen LogP contribution >= 0.6 is 0 Å². The largest absolute Gasteiger partial charge is 0.392 e. The third kappa shape index (κ3) is 2.59. The molecule has 0 aliphatic heterocycles. The van der Waals surface area contributed by atoms with Crippen molar-refractivity contribution in [2.75, 3.05) is 5.32 Å². The van der Waals surface area contributed by atoms with E-state index in [-0.39, 0.29) is 12.5 Å². The molecule has 0 aliphatic rings. The first-order valence-corrected chi connectivity index (χ1v) is 4.92. The lowest BCUT2D eigenvalue weighted by atomic mass is 9.94. The van der Waals surface area contributed by atoms with Gasteiger partial charge in [0.25, 0.3) is 0 Å². The molecule has 4 heteroatoms. The molecule has 0 fully saturated rings. The van der Waals surface area contributed by atoms with Crippen molar-refractivity contribution >= 4 is 11.6 Å². The lowest BCUT2D eigenvalue weighted by molar-refractivity contribution is -0.121. The zero-order valence-electron chi connectivity index (χ0n) is 9.32. The van der Waals surface area contributed by atoms with Gasteiger partial charge in [0.05, 0.1) is 12.7 Å². The van der Waals surface area contributed by atoms with Gasteiger partial charge in [-0.2, -0.15) is 5.26 Å². The van der Waals surface area contributed by atoms with Crippen LogP contribution in [0, 0.1) is 16.7 Å². The van der Waals surface area contributed by atoms with Gasteiger partial charge in [-0.15, -0.1) is 0 Å². The Morgan fingerprint density at radius 1 is 1.50 bits per heavy atom. The number of nitriles is 1. The maximum absolute atomic E-state index is 11.7. The number of benzene rings is 1. The van der Waals surface area contributed by atoms with Crippen molar-refractivity contribution in [3.8, 4) is 6.07 Å². The second-order valence-electron chi connectivity index (χ2n) is 4.01. The van der Waals surface area contributed by atoms with Crippen LogP contribution in [0.4, 0.5) is 5.69 Å². The highest BCUT2D eigenvalue weighted by atomic mass is 16.3. The number of aliphatic hydroxyl groups excluding tert-OH is 1. The van der Waals surface area contributed by atoms with E-state index in [1.165, 1.54) is 0 Å². The Balaban J connectivity index is 2.90. The number of carbonyl (C=O) groups is 1. The molecular formula is C12H14N2O2. The molecule has 1 amide bonds. The Labute approximate surface area is 94.5 Å². The standard InChI is InChI=1S/C12H14N2O2/c1-12(2,8-13)11(16)14-10-6-4-3-5-9(10)7-15/h3-6,15H,7H2,1-2H3,(H,14,16). The molecule has 0 aliphatic carbocycles. The van der Waals surface area contributed by atoms with E-state index in [9.17, 15) is 4.79 Å². The van der Waals surface area contributed by atoms with Gasteiger partial charge in [-0.1, -0.05) is 18.2 Å². The van der Waals surface area contributed by atoms with Crippen LogP contribution in [0.5, 0.6) is 0 Å². The first kappa shape index (κ1) is 12.2. The topological polar surface area (TPSA) is 73.1 Å². The van der Waals surface area contributed by atoms with E-state index >= 15 is 0 Å². The molecule has 0 atom stereocenters. The predicted octanol–water partition coefficient (Wildman–Crippen LogP) is 1.67. The summed E-state index contributed by atoms with van der Waals surface area (Å²) in [5.74, 6) is -0.379. The van der Waals surface area contributed by atoms with E-state index < -0.39 is 5.41 Å². The Kier molecular flexibility index (Phi) is 3.64. The summed E-state index contributed by atoms with van der Waals surface area (Å²) in [5.41, 5.74) is 0.0886. The number of nitrogens with one attached hydrogen (secondary N) is 1. The van der Waals surface area contributed by atoms with E-state index in [0.29, 0.717) is 11.3 Å². The molecule has 0 saturated heterocycles. The molecule has 0 heterocycles. The van der Waals surface area contributed by atoms with Crippen molar-refractivity contribution in [1.82, 2.24) is 0 Å². The molecule has 84 valence electrons. The highest BCUT2D eigenvalue weighted by molar-refractivity contribution is 5.97. The number of hydrogen-bond donors (Lipinski definition) is 2. The molecule has 0 bridgehead atoms. The highest BCUT2D eigenvalue weighted by Gasteiger charge is 2.27. The third-order valence-corrected chi connectivity index (χ3v) is 2.28. The molecule has 1 rings (SSSR count). The van der Waals surface area contributed by atoms with Gasteiger partial charge in [-0.05, 0) is 19.9 Å². The van der Waals surface area contributed by atoms with Crippen LogP contribution in [0.1, 0.15) is 19.4 Å². The lowest BCUT2D eigenvalue weighted by Crippen LogP contribution is -2.29. The summed E-state index contributed by atoms with van der Waals surface area (Å²) >= 11 is 0. The molecule has 0 aromatic heterocycles. The lowest BCUT2D eigenvalue weighted by Gasteiger charge is -2.16. The van der Waals surface area contributed by atoms with Crippen molar-refractivity contribution < 1.29 is 9.90 Å². The minimum Gasteiger partial charge on any atom is -0.392 e. The number of rotatable bonds is 3. The Morgan fingerprint density at radius 3 is 2.69 bits per heavy atom. The quantitative estimate of drug-likeness (QED) is 0.810. The van der Waals surface area contributed by atoms with Crippen LogP contribution < -0.4 is 5.32 Å². The maximum Gasteiger partial charge on any atom is 0.244 e. The average Bonchev–Trinajstić information content (AvgIpc) is 2.29. The number of anilines is 1. The second-order valence-corrected chi connectivity index (χ2v) is 4.01. The number of amides is 1. The number of carbonyl (C=O) groups excluding carboxylic acids is 1. The van der Waals surface area contributed by atoms with Gasteiger partial charge in [0, 0.05) is 11.3 Å². The smallest absolute Gasteiger partial charge is 0.244 e. The van der Waals surface area contributed by atoms with Crippen molar-refractivity contribution in [3.05, 3.63) is 29.8 Å². The fourth-order valence-electron chi connectivity index (χ4n) is 1.11. The molecule has 4 nitrogen and oxygen atoms in total.